The SMILES string of the molecule is C1=C(c2ccc3[nH]c(-c4ccc(OCc5ccccc5)cc4)nc3n2)CCCC1.c1ccc(COc2ccc(-c3nc4nc(C5CCCCC5)ccc4[nH]3)cc2)cc1.c1ccc(NCc2ccc(-c3nc4ncc(C5CCCCC5)cc4[nH]3)cc2)cc1.c1ccc(OCc2ccc(-c3nc4ncc(C5CCCCC5)cc4[nH]3)cc2)cc1. The number of anilines is 1. The summed E-state index contributed by atoms with van der Waals surface area (Å²) in [7, 11) is 0. The molecule has 3 saturated carbocycles. The maximum absolute atomic E-state index is 5.88. The van der Waals surface area contributed by atoms with Gasteiger partial charge in [0.25, 0.3) is 0 Å². The molecule has 3 fully saturated rings. The molecule has 0 aliphatic heterocycles. The summed E-state index contributed by atoms with van der Waals surface area (Å²) in [4.78, 5) is 51.5. The van der Waals surface area contributed by atoms with Gasteiger partial charge in [-0.25, -0.2) is 39.9 Å². The minimum atomic E-state index is 0.552. The van der Waals surface area contributed by atoms with Crippen molar-refractivity contribution in [3.05, 3.63) is 318 Å². The molecule has 582 valence electrons. The number of hydrogen-bond acceptors (Lipinski definition) is 12. The molecule has 16 aromatic rings. The molecule has 4 aliphatic carbocycles. The molecule has 8 aromatic carbocycles. The van der Waals surface area contributed by atoms with Crippen LogP contribution in [0, 0.1) is 0 Å². The second-order valence-corrected chi connectivity index (χ2v) is 31.1. The topological polar surface area (TPSA) is 206 Å². The third-order valence-corrected chi connectivity index (χ3v) is 22.9. The Kier molecular flexibility index (Phi) is 24.5. The molecule has 0 atom stereocenters. The number of nitrogens with one attached hydrogen (secondary N) is 5. The zero-order valence-electron chi connectivity index (χ0n) is 65.8. The van der Waals surface area contributed by atoms with Gasteiger partial charge in [0.05, 0.1) is 27.8 Å². The van der Waals surface area contributed by atoms with E-state index in [0.29, 0.717) is 37.6 Å². The number of imidazole rings is 4. The molecule has 4 aliphatic rings. The summed E-state index contributed by atoms with van der Waals surface area (Å²) in [5.74, 6) is 7.91. The van der Waals surface area contributed by atoms with E-state index in [9.17, 15) is 0 Å². The van der Waals surface area contributed by atoms with Crippen LogP contribution in [-0.4, -0.2) is 59.8 Å². The number of pyridine rings is 4. The van der Waals surface area contributed by atoms with Crippen LogP contribution >= 0.6 is 0 Å². The largest absolute Gasteiger partial charge is 0.489 e. The molecule has 0 amide bonds. The second-order valence-electron chi connectivity index (χ2n) is 31.1. The number of hydrogen-bond donors (Lipinski definition) is 5. The molecular formula is C100H99N13O3. The van der Waals surface area contributed by atoms with E-state index in [1.165, 1.54) is 137 Å². The van der Waals surface area contributed by atoms with Crippen LogP contribution in [0.5, 0.6) is 17.2 Å². The summed E-state index contributed by atoms with van der Waals surface area (Å²) in [6.45, 7) is 2.49. The Morgan fingerprint density at radius 1 is 0.319 bits per heavy atom. The van der Waals surface area contributed by atoms with Crippen molar-refractivity contribution in [2.24, 2.45) is 0 Å². The van der Waals surface area contributed by atoms with Crippen LogP contribution in [0.1, 0.15) is 185 Å². The molecule has 116 heavy (non-hydrogen) atoms. The van der Waals surface area contributed by atoms with Gasteiger partial charge in [0.2, 0.25) is 0 Å². The first kappa shape index (κ1) is 75.8. The number of aromatic amines is 4. The van der Waals surface area contributed by atoms with Crippen LogP contribution in [-0.2, 0) is 26.4 Å². The number of benzene rings is 8. The van der Waals surface area contributed by atoms with Crippen molar-refractivity contribution < 1.29 is 14.2 Å². The van der Waals surface area contributed by atoms with Crippen molar-refractivity contribution in [2.75, 3.05) is 5.32 Å². The lowest BCUT2D eigenvalue weighted by atomic mass is 9.85. The number of rotatable bonds is 20. The van der Waals surface area contributed by atoms with Crippen LogP contribution in [0.2, 0.25) is 0 Å². The highest BCUT2D eigenvalue weighted by atomic mass is 16.5. The van der Waals surface area contributed by atoms with E-state index in [4.69, 9.17) is 44.1 Å². The monoisotopic (exact) mass is 1530 g/mol. The Morgan fingerprint density at radius 3 is 1.19 bits per heavy atom. The summed E-state index contributed by atoms with van der Waals surface area (Å²) in [5.41, 5.74) is 23.5. The minimum absolute atomic E-state index is 0.552. The average molecular weight is 1530 g/mol. The van der Waals surface area contributed by atoms with Gasteiger partial charge in [0, 0.05) is 58.5 Å². The second kappa shape index (κ2) is 37.4. The highest BCUT2D eigenvalue weighted by Gasteiger charge is 2.22. The first-order chi connectivity index (χ1) is 57.4. The standard InChI is InChI=1S/C25H26N4.2C25H25N3O.C25H23N3O/c1-3-7-19(8-4-1)21-15-23-25(27-17-21)29-24(28-23)20-13-11-18(12-14-20)16-26-22-9-5-2-6-10-22;1-3-7-19(8-4-1)21-15-23-25(26-16-21)28-24(27-23)20-13-11-18(12-14-20)17-29-22-9-5-2-6-10-22;2*1-3-7-18(8-4-1)17-29-21-13-11-20(12-14-21)24-27-23-16-15-22(26-25(23)28-24)19-9-5-2-6-10-19/h2,5-6,9-15,17,19,26H,1,3-4,7-8,16H2,(H,27,28,29);2,5-6,9-16,19H,1,3-4,7-8,17H2,(H,26,27,28);1,3-4,7-8,11-16,19H,2,5-6,9-10,17H2,(H,26,27,28);1,3-4,7-9,11-16H,2,5-6,10,17H2,(H,26,27,28). The zero-order chi connectivity index (χ0) is 77.9. The van der Waals surface area contributed by atoms with Gasteiger partial charge in [-0.1, -0.05) is 209 Å². The van der Waals surface area contributed by atoms with E-state index < -0.39 is 0 Å². The molecule has 0 saturated heterocycles. The van der Waals surface area contributed by atoms with Gasteiger partial charge < -0.3 is 39.5 Å². The molecule has 5 N–H and O–H groups in total. The molecule has 16 heteroatoms. The van der Waals surface area contributed by atoms with Crippen molar-refractivity contribution in [3.8, 4) is 62.8 Å². The van der Waals surface area contributed by atoms with E-state index in [-0.39, 0.29) is 0 Å². The number of para-hydroxylation sites is 2. The van der Waals surface area contributed by atoms with Crippen molar-refractivity contribution in [3.63, 3.8) is 0 Å². The first-order valence-corrected chi connectivity index (χ1v) is 41.7. The van der Waals surface area contributed by atoms with Gasteiger partial charge in [-0.15, -0.1) is 0 Å². The fraction of sp³-hybridized carbons (Fsp3) is 0.260. The van der Waals surface area contributed by atoms with E-state index in [1.54, 1.807) is 0 Å². The zero-order valence-corrected chi connectivity index (χ0v) is 65.8. The van der Waals surface area contributed by atoms with Gasteiger partial charge in [-0.05, 0) is 224 Å². The predicted octanol–water partition coefficient (Wildman–Crippen LogP) is 24.9. The molecule has 0 bridgehead atoms. The fourth-order valence-corrected chi connectivity index (χ4v) is 16.3. The van der Waals surface area contributed by atoms with Crippen molar-refractivity contribution in [2.45, 2.75) is 166 Å². The number of nitrogens with zero attached hydrogens (tertiary/aromatic N) is 8. The van der Waals surface area contributed by atoms with E-state index in [2.05, 4.69) is 163 Å². The molecule has 8 heterocycles. The van der Waals surface area contributed by atoms with Gasteiger partial charge in [-0.3, -0.25) is 0 Å². The Bertz CT molecular complexity index is 5400. The normalized spacial score (nSPS) is 14.7. The Hall–Kier alpha value is -12.8. The van der Waals surface area contributed by atoms with Crippen LogP contribution < -0.4 is 19.5 Å². The molecule has 0 unspecified atom stereocenters. The maximum atomic E-state index is 5.88. The molecule has 16 nitrogen and oxygen atoms in total. The lowest BCUT2D eigenvalue weighted by Gasteiger charge is -2.21. The summed E-state index contributed by atoms with van der Waals surface area (Å²) in [6, 6.07) is 86.5. The highest BCUT2D eigenvalue weighted by Crippen LogP contribution is 2.38. The number of ether oxygens (including phenoxy) is 3. The lowest BCUT2D eigenvalue weighted by Crippen LogP contribution is -2.06. The van der Waals surface area contributed by atoms with Gasteiger partial charge in [0.1, 0.15) is 60.4 Å². The van der Waals surface area contributed by atoms with Crippen LogP contribution in [0.15, 0.2) is 273 Å². The number of aromatic nitrogens is 12. The molecule has 8 aromatic heterocycles. The summed E-state index contributed by atoms with van der Waals surface area (Å²) < 4.78 is 17.6. The highest BCUT2D eigenvalue weighted by molar-refractivity contribution is 5.81. The molecule has 0 spiro atoms. The van der Waals surface area contributed by atoms with Crippen LogP contribution in [0.4, 0.5) is 5.69 Å². The predicted molar refractivity (Wildman–Crippen MR) is 467 cm³/mol. The quantitative estimate of drug-likeness (QED) is 0.0483. The maximum Gasteiger partial charge on any atom is 0.178 e. The Labute approximate surface area is 678 Å². The fourth-order valence-electron chi connectivity index (χ4n) is 16.3. The summed E-state index contributed by atoms with van der Waals surface area (Å²) in [5, 5.41) is 3.45. The average Bonchev–Trinajstić information content (AvgIpc) is 1.67. The van der Waals surface area contributed by atoms with Crippen LogP contribution in [0.25, 0.3) is 95.8 Å². The smallest absolute Gasteiger partial charge is 0.178 e. The van der Waals surface area contributed by atoms with Crippen molar-refractivity contribution in [1.29, 1.82) is 0 Å². The summed E-state index contributed by atoms with van der Waals surface area (Å²) in [6.07, 6.45) is 30.8. The minimum Gasteiger partial charge on any atom is -0.489 e. The molecule has 0 radical (unpaired) electrons. The van der Waals surface area contributed by atoms with Crippen molar-refractivity contribution >= 4 is 55.9 Å². The van der Waals surface area contributed by atoms with Gasteiger partial charge in [-0.2, -0.15) is 0 Å². The Morgan fingerprint density at radius 2 is 0.716 bits per heavy atom. The van der Waals surface area contributed by atoms with Crippen molar-refractivity contribution in [1.82, 2.24) is 59.8 Å². The van der Waals surface area contributed by atoms with E-state index in [1.807, 2.05) is 146 Å². The van der Waals surface area contributed by atoms with E-state index >= 15 is 0 Å². The third kappa shape index (κ3) is 19.7. The molecule has 20 rings (SSSR count). The lowest BCUT2D eigenvalue weighted by molar-refractivity contribution is 0.306. The number of allylic oxidation sites excluding steroid dienone is 2. The van der Waals surface area contributed by atoms with Gasteiger partial charge >= 0.3 is 0 Å². The molecular weight excluding hydrogens is 1430 g/mol. The van der Waals surface area contributed by atoms with Gasteiger partial charge in [0.15, 0.2) is 22.6 Å². The first-order valence-electron chi connectivity index (χ1n) is 41.7. The summed E-state index contributed by atoms with van der Waals surface area (Å²) >= 11 is 0. The number of fused-ring (bicyclic) bond motifs is 4. The van der Waals surface area contributed by atoms with E-state index in [0.717, 1.165) is 155 Å². The third-order valence-electron chi connectivity index (χ3n) is 22.9. The Balaban J connectivity index is 0.000000111. The number of H-pyrrole nitrogens is 4. The van der Waals surface area contributed by atoms with Crippen LogP contribution in [0.3, 0.4) is 0 Å².